The Hall–Kier alpha value is -4.14. The molecular weight excluding hydrogens is 400 g/mol. The third-order valence-electron chi connectivity index (χ3n) is 4.98. The van der Waals surface area contributed by atoms with Crippen LogP contribution in [0.2, 0.25) is 0 Å². The number of nitrogens with zero attached hydrogens (tertiary/aromatic N) is 6. The fourth-order valence-corrected chi connectivity index (χ4v) is 3.43. The first-order valence-corrected chi connectivity index (χ1v) is 9.59. The fraction of sp³-hybridized carbons (Fsp3) is 0.0909. The van der Waals surface area contributed by atoms with Crippen LogP contribution in [0.25, 0.3) is 22.6 Å². The van der Waals surface area contributed by atoms with Gasteiger partial charge in [-0.2, -0.15) is 10.1 Å². The Balaban J connectivity index is 1.55. The summed E-state index contributed by atoms with van der Waals surface area (Å²) in [6.07, 6.45) is 1.64. The summed E-state index contributed by atoms with van der Waals surface area (Å²) < 4.78 is 31.2. The van der Waals surface area contributed by atoms with E-state index < -0.39 is 0 Å². The maximum atomic E-state index is 14.2. The third-order valence-corrected chi connectivity index (χ3v) is 4.98. The highest BCUT2D eigenvalue weighted by Gasteiger charge is 2.19. The Kier molecular flexibility index (Phi) is 4.62. The number of halogens is 2. The number of anilines is 1. The minimum absolute atomic E-state index is 0.137. The van der Waals surface area contributed by atoms with Gasteiger partial charge in [-0.05, 0) is 24.3 Å². The van der Waals surface area contributed by atoms with Crippen molar-refractivity contribution >= 4 is 17.0 Å². The van der Waals surface area contributed by atoms with E-state index in [0.717, 1.165) is 0 Å². The molecule has 0 saturated heterocycles. The van der Waals surface area contributed by atoms with Crippen LogP contribution in [0.15, 0.2) is 66.9 Å². The van der Waals surface area contributed by atoms with Crippen molar-refractivity contribution in [3.05, 3.63) is 89.6 Å². The summed E-state index contributed by atoms with van der Waals surface area (Å²) in [5.41, 5.74) is 8.02. The standard InChI is InChI=1S/C22H17F2N7/c23-17-9-3-1-6-14(17)12-30-21-16(8-5-11-26-21)19(28-30)20-27-22(25)31(29-20)13-15-7-2-4-10-18(15)24/h1-11H,12-13H2,(H2,25,27,29). The molecule has 7 nitrogen and oxygen atoms in total. The lowest BCUT2D eigenvalue weighted by atomic mass is 10.2. The van der Waals surface area contributed by atoms with Gasteiger partial charge in [0, 0.05) is 17.3 Å². The number of pyridine rings is 1. The smallest absolute Gasteiger partial charge is 0.219 e. The third kappa shape index (κ3) is 3.50. The predicted molar refractivity (Wildman–Crippen MR) is 112 cm³/mol. The first-order valence-electron chi connectivity index (χ1n) is 9.59. The lowest BCUT2D eigenvalue weighted by Crippen LogP contribution is -2.07. The summed E-state index contributed by atoms with van der Waals surface area (Å²) in [6, 6.07) is 16.5. The molecule has 0 bridgehead atoms. The van der Waals surface area contributed by atoms with Crippen LogP contribution in [0.4, 0.5) is 14.7 Å². The molecule has 3 heterocycles. The van der Waals surface area contributed by atoms with Crippen molar-refractivity contribution < 1.29 is 8.78 Å². The first-order chi connectivity index (χ1) is 15.1. The molecule has 154 valence electrons. The van der Waals surface area contributed by atoms with Gasteiger partial charge in [0.05, 0.1) is 18.5 Å². The van der Waals surface area contributed by atoms with E-state index >= 15 is 0 Å². The van der Waals surface area contributed by atoms with Gasteiger partial charge < -0.3 is 5.73 Å². The number of fused-ring (bicyclic) bond motifs is 1. The molecule has 0 radical (unpaired) electrons. The predicted octanol–water partition coefficient (Wildman–Crippen LogP) is 3.65. The molecule has 2 aromatic carbocycles. The molecule has 0 fully saturated rings. The van der Waals surface area contributed by atoms with Gasteiger partial charge in [-0.3, -0.25) is 0 Å². The van der Waals surface area contributed by atoms with Crippen LogP contribution < -0.4 is 5.73 Å². The van der Waals surface area contributed by atoms with Crippen molar-refractivity contribution in [2.45, 2.75) is 13.1 Å². The number of nitrogen functional groups attached to an aromatic ring is 1. The van der Waals surface area contributed by atoms with Crippen molar-refractivity contribution in [2.24, 2.45) is 0 Å². The highest BCUT2D eigenvalue weighted by molar-refractivity contribution is 5.89. The summed E-state index contributed by atoms with van der Waals surface area (Å²) in [7, 11) is 0. The normalized spacial score (nSPS) is 11.3. The molecular formula is C22H17F2N7. The quantitative estimate of drug-likeness (QED) is 0.472. The van der Waals surface area contributed by atoms with Crippen molar-refractivity contribution in [1.82, 2.24) is 29.5 Å². The molecule has 0 saturated carbocycles. The lowest BCUT2D eigenvalue weighted by Gasteiger charge is -2.04. The van der Waals surface area contributed by atoms with Gasteiger partial charge in [0.25, 0.3) is 0 Å². The van der Waals surface area contributed by atoms with Crippen molar-refractivity contribution in [3.63, 3.8) is 0 Å². The summed E-state index contributed by atoms with van der Waals surface area (Å²) >= 11 is 0. The zero-order chi connectivity index (χ0) is 21.4. The summed E-state index contributed by atoms with van der Waals surface area (Å²) in [5.74, 6) is -0.235. The second kappa shape index (κ2) is 7.60. The van der Waals surface area contributed by atoms with Crippen LogP contribution >= 0.6 is 0 Å². The molecule has 9 heteroatoms. The highest BCUT2D eigenvalue weighted by atomic mass is 19.1. The summed E-state index contributed by atoms with van der Waals surface area (Å²) in [4.78, 5) is 8.72. The van der Waals surface area contributed by atoms with Crippen LogP contribution in [0.5, 0.6) is 0 Å². The second-order valence-corrected chi connectivity index (χ2v) is 7.01. The van der Waals surface area contributed by atoms with E-state index in [2.05, 4.69) is 20.2 Å². The van der Waals surface area contributed by atoms with Crippen LogP contribution in [0, 0.1) is 11.6 Å². The zero-order valence-corrected chi connectivity index (χ0v) is 16.3. The minimum atomic E-state index is -0.345. The molecule has 5 aromatic rings. The van der Waals surface area contributed by atoms with Gasteiger partial charge in [-0.25, -0.2) is 23.1 Å². The van der Waals surface area contributed by atoms with Crippen LogP contribution in [-0.4, -0.2) is 29.5 Å². The topological polar surface area (TPSA) is 87.4 Å². The Morgan fingerprint density at radius 1 is 0.774 bits per heavy atom. The molecule has 0 unspecified atom stereocenters. The molecule has 31 heavy (non-hydrogen) atoms. The number of hydrogen-bond donors (Lipinski definition) is 1. The SMILES string of the molecule is Nc1nc(-c2nn(Cc3ccccc3F)c3ncccc23)nn1Cc1ccccc1F. The molecule has 0 aliphatic heterocycles. The number of rotatable bonds is 5. The van der Waals surface area contributed by atoms with Crippen molar-refractivity contribution in [3.8, 4) is 11.5 Å². The minimum Gasteiger partial charge on any atom is -0.368 e. The Morgan fingerprint density at radius 3 is 2.10 bits per heavy atom. The number of benzene rings is 2. The van der Waals surface area contributed by atoms with E-state index in [4.69, 9.17) is 5.73 Å². The number of aromatic nitrogens is 6. The summed E-state index contributed by atoms with van der Waals surface area (Å²) in [5, 5.41) is 9.75. The van der Waals surface area contributed by atoms with Crippen LogP contribution in [-0.2, 0) is 13.1 Å². The van der Waals surface area contributed by atoms with E-state index in [1.54, 1.807) is 53.3 Å². The maximum Gasteiger partial charge on any atom is 0.219 e. The lowest BCUT2D eigenvalue weighted by molar-refractivity contribution is 0.586. The Bertz CT molecular complexity index is 1390. The van der Waals surface area contributed by atoms with E-state index in [0.29, 0.717) is 33.7 Å². The van der Waals surface area contributed by atoms with Crippen LogP contribution in [0.1, 0.15) is 11.1 Å². The molecule has 3 aromatic heterocycles. The van der Waals surface area contributed by atoms with E-state index in [-0.39, 0.29) is 30.7 Å². The monoisotopic (exact) mass is 417 g/mol. The molecule has 0 aliphatic carbocycles. The number of hydrogen-bond acceptors (Lipinski definition) is 5. The summed E-state index contributed by atoms with van der Waals surface area (Å²) in [6.45, 7) is 0.337. The second-order valence-electron chi connectivity index (χ2n) is 7.01. The maximum absolute atomic E-state index is 14.2. The van der Waals surface area contributed by atoms with Crippen molar-refractivity contribution in [2.75, 3.05) is 5.73 Å². The van der Waals surface area contributed by atoms with Gasteiger partial charge in [0.2, 0.25) is 11.8 Å². The van der Waals surface area contributed by atoms with Crippen LogP contribution in [0.3, 0.4) is 0 Å². The Morgan fingerprint density at radius 2 is 1.42 bits per heavy atom. The van der Waals surface area contributed by atoms with Gasteiger partial charge in [-0.15, -0.1) is 5.10 Å². The average Bonchev–Trinajstić information content (AvgIpc) is 3.32. The van der Waals surface area contributed by atoms with Crippen molar-refractivity contribution in [1.29, 1.82) is 0 Å². The van der Waals surface area contributed by atoms with Gasteiger partial charge in [0.1, 0.15) is 17.3 Å². The first kappa shape index (κ1) is 18.9. The zero-order valence-electron chi connectivity index (χ0n) is 16.3. The van der Waals surface area contributed by atoms with Gasteiger partial charge in [-0.1, -0.05) is 36.4 Å². The molecule has 0 amide bonds. The number of nitrogens with two attached hydrogens (primary N) is 1. The Labute approximate surface area is 175 Å². The average molecular weight is 417 g/mol. The van der Waals surface area contributed by atoms with E-state index in [1.165, 1.54) is 16.8 Å². The molecule has 0 aliphatic rings. The van der Waals surface area contributed by atoms with E-state index in [1.807, 2.05) is 6.07 Å². The molecule has 0 atom stereocenters. The molecule has 2 N–H and O–H groups in total. The largest absolute Gasteiger partial charge is 0.368 e. The highest BCUT2D eigenvalue weighted by Crippen LogP contribution is 2.26. The van der Waals surface area contributed by atoms with E-state index in [9.17, 15) is 8.78 Å². The van der Waals surface area contributed by atoms with Gasteiger partial charge >= 0.3 is 0 Å². The molecule has 5 rings (SSSR count). The molecule has 0 spiro atoms. The fourth-order valence-electron chi connectivity index (χ4n) is 3.43. The van der Waals surface area contributed by atoms with Gasteiger partial charge in [0.15, 0.2) is 5.65 Å².